The molecule has 0 saturated carbocycles. The fraction of sp³-hybridized carbons (Fsp3) is 0.120. The molecule has 1 aromatic heterocycles. The van der Waals surface area contributed by atoms with Crippen molar-refractivity contribution in [2.45, 2.75) is 6.92 Å². The van der Waals surface area contributed by atoms with Crippen molar-refractivity contribution in [3.63, 3.8) is 0 Å². The second-order valence-electron chi connectivity index (χ2n) is 6.95. The van der Waals surface area contributed by atoms with Crippen LogP contribution in [0.3, 0.4) is 0 Å². The Bertz CT molecular complexity index is 1340. The van der Waals surface area contributed by atoms with Gasteiger partial charge >= 0.3 is 0 Å². The van der Waals surface area contributed by atoms with Crippen LogP contribution in [0.5, 0.6) is 23.0 Å². The third-order valence-corrected chi connectivity index (χ3v) is 5.33. The molecular formula is C25H19BrO6. The normalized spacial score (nSPS) is 10.7. The molecule has 0 aliphatic carbocycles. The molecule has 4 rings (SSSR count). The molecule has 0 unspecified atom stereocenters. The predicted octanol–water partition coefficient (Wildman–Crippen LogP) is 5.93. The minimum absolute atomic E-state index is 0.0843. The van der Waals surface area contributed by atoms with Crippen LogP contribution in [0, 0.1) is 6.92 Å². The maximum absolute atomic E-state index is 13.0. The molecule has 7 heteroatoms. The molecule has 0 spiro atoms. The third kappa shape index (κ3) is 4.53. The van der Waals surface area contributed by atoms with Crippen LogP contribution >= 0.6 is 15.9 Å². The lowest BCUT2D eigenvalue weighted by atomic mass is 10.1. The first-order valence-electron chi connectivity index (χ1n) is 9.76. The molecule has 1 heterocycles. The number of carbonyl (C=O) groups excluding carboxylic acids is 1. The lowest BCUT2D eigenvalue weighted by Crippen LogP contribution is -2.12. The van der Waals surface area contributed by atoms with E-state index in [9.17, 15) is 9.59 Å². The van der Waals surface area contributed by atoms with E-state index in [1.165, 1.54) is 7.11 Å². The van der Waals surface area contributed by atoms with Gasteiger partial charge in [0.25, 0.3) is 0 Å². The summed E-state index contributed by atoms with van der Waals surface area (Å²) in [6.45, 7) is 1.52. The number of halogens is 1. The van der Waals surface area contributed by atoms with Crippen molar-refractivity contribution in [2.24, 2.45) is 0 Å². The number of ketones is 1. The first kappa shape index (κ1) is 21.6. The van der Waals surface area contributed by atoms with E-state index in [4.69, 9.17) is 18.6 Å². The largest absolute Gasteiger partial charge is 0.493 e. The molecule has 0 radical (unpaired) electrons. The summed E-state index contributed by atoms with van der Waals surface area (Å²) >= 11 is 3.34. The van der Waals surface area contributed by atoms with Gasteiger partial charge in [0.1, 0.15) is 17.1 Å². The minimum atomic E-state index is -0.313. The van der Waals surface area contributed by atoms with Gasteiger partial charge in [-0.15, -0.1) is 0 Å². The summed E-state index contributed by atoms with van der Waals surface area (Å²) in [5.74, 6) is 1.58. The van der Waals surface area contributed by atoms with Gasteiger partial charge in [0.05, 0.1) is 12.5 Å². The fourth-order valence-electron chi connectivity index (χ4n) is 3.16. The lowest BCUT2D eigenvalue weighted by Gasteiger charge is -2.12. The van der Waals surface area contributed by atoms with Crippen LogP contribution in [0.15, 0.2) is 80.4 Å². The Balaban J connectivity index is 1.57. The molecule has 0 aliphatic heterocycles. The van der Waals surface area contributed by atoms with Gasteiger partial charge in [0.15, 0.2) is 23.9 Å². The molecule has 0 fully saturated rings. The monoisotopic (exact) mass is 494 g/mol. The first-order valence-corrected chi connectivity index (χ1v) is 10.6. The highest BCUT2D eigenvalue weighted by molar-refractivity contribution is 9.10. The molecule has 4 aromatic rings. The average molecular weight is 495 g/mol. The Labute approximate surface area is 192 Å². The van der Waals surface area contributed by atoms with E-state index in [1.54, 1.807) is 67.6 Å². The summed E-state index contributed by atoms with van der Waals surface area (Å²) in [5, 5.41) is 0.340. The maximum Gasteiger partial charge on any atom is 0.235 e. The third-order valence-electron chi connectivity index (χ3n) is 4.80. The summed E-state index contributed by atoms with van der Waals surface area (Å²) in [4.78, 5) is 25.3. The number of rotatable bonds is 7. The van der Waals surface area contributed by atoms with E-state index in [1.807, 2.05) is 6.07 Å². The molecule has 0 amide bonds. The number of hydrogen-bond donors (Lipinski definition) is 0. The number of ether oxygens (including phenoxy) is 3. The van der Waals surface area contributed by atoms with Gasteiger partial charge in [-0.1, -0.05) is 40.2 Å². The lowest BCUT2D eigenvalue weighted by molar-refractivity contribution is 0.0921. The van der Waals surface area contributed by atoms with Crippen LogP contribution in [-0.2, 0) is 0 Å². The number of carbonyl (C=O) groups is 1. The van der Waals surface area contributed by atoms with E-state index in [0.717, 1.165) is 4.47 Å². The molecule has 0 N–H and O–H groups in total. The quantitative estimate of drug-likeness (QED) is 0.296. The van der Waals surface area contributed by atoms with Crippen molar-refractivity contribution in [2.75, 3.05) is 13.7 Å². The topological polar surface area (TPSA) is 75.0 Å². The molecule has 0 saturated heterocycles. The highest BCUT2D eigenvalue weighted by Crippen LogP contribution is 2.32. The van der Waals surface area contributed by atoms with Crippen LogP contribution in [0.4, 0.5) is 0 Å². The van der Waals surface area contributed by atoms with Gasteiger partial charge < -0.3 is 18.6 Å². The zero-order valence-corrected chi connectivity index (χ0v) is 19.0. The number of hydrogen-bond acceptors (Lipinski definition) is 6. The summed E-state index contributed by atoms with van der Waals surface area (Å²) in [6.07, 6.45) is 0. The summed E-state index contributed by atoms with van der Waals surface area (Å²) in [6, 6.07) is 18.9. The van der Waals surface area contributed by atoms with E-state index < -0.39 is 0 Å². The van der Waals surface area contributed by atoms with Gasteiger partial charge in [-0.2, -0.15) is 0 Å². The van der Waals surface area contributed by atoms with Gasteiger partial charge in [0.2, 0.25) is 11.2 Å². The number of benzene rings is 3. The smallest absolute Gasteiger partial charge is 0.235 e. The molecule has 3 aromatic carbocycles. The zero-order chi connectivity index (χ0) is 22.7. The molecule has 6 nitrogen and oxygen atoms in total. The van der Waals surface area contributed by atoms with Crippen LogP contribution < -0.4 is 19.6 Å². The van der Waals surface area contributed by atoms with Crippen molar-refractivity contribution in [1.82, 2.24) is 0 Å². The van der Waals surface area contributed by atoms with E-state index in [-0.39, 0.29) is 23.6 Å². The van der Waals surface area contributed by atoms with Crippen molar-refractivity contribution >= 4 is 32.7 Å². The molecular weight excluding hydrogens is 476 g/mol. The molecule has 0 aliphatic rings. The van der Waals surface area contributed by atoms with Crippen LogP contribution in [0.2, 0.25) is 0 Å². The Kier molecular flexibility index (Phi) is 6.28. The summed E-state index contributed by atoms with van der Waals surface area (Å²) in [7, 11) is 1.53. The van der Waals surface area contributed by atoms with Crippen molar-refractivity contribution in [3.8, 4) is 23.0 Å². The van der Waals surface area contributed by atoms with Gasteiger partial charge in [-0.3, -0.25) is 9.59 Å². The van der Waals surface area contributed by atoms with E-state index in [2.05, 4.69) is 15.9 Å². The standard InChI is InChI=1S/C25H19BrO6/c1-15-25(32-22-6-4-3-5-21(22)29-2)24(28)19-12-11-18(13-23(19)31-15)30-14-20(27)16-7-9-17(26)10-8-16/h3-13H,14H2,1-2H3. The highest BCUT2D eigenvalue weighted by atomic mass is 79.9. The Morgan fingerprint density at radius 3 is 2.44 bits per heavy atom. The first-order chi connectivity index (χ1) is 15.5. The predicted molar refractivity (Wildman–Crippen MR) is 124 cm³/mol. The highest BCUT2D eigenvalue weighted by Gasteiger charge is 2.16. The van der Waals surface area contributed by atoms with Gasteiger partial charge in [-0.25, -0.2) is 0 Å². The molecule has 162 valence electrons. The van der Waals surface area contributed by atoms with Crippen molar-refractivity contribution < 1.29 is 23.4 Å². The number of fused-ring (bicyclic) bond motifs is 1. The summed E-state index contributed by atoms with van der Waals surface area (Å²) < 4.78 is 23.5. The molecule has 32 heavy (non-hydrogen) atoms. The van der Waals surface area contributed by atoms with Gasteiger partial charge in [0, 0.05) is 16.1 Å². The number of para-hydroxylation sites is 2. The zero-order valence-electron chi connectivity index (χ0n) is 17.4. The molecule has 0 atom stereocenters. The Hall–Kier alpha value is -3.58. The summed E-state index contributed by atoms with van der Waals surface area (Å²) in [5.41, 5.74) is 0.579. The van der Waals surface area contributed by atoms with Gasteiger partial charge in [-0.05, 0) is 43.3 Å². The number of methoxy groups -OCH3 is 1. The second-order valence-corrected chi connectivity index (χ2v) is 7.86. The SMILES string of the molecule is COc1ccccc1Oc1c(C)oc2cc(OCC(=O)c3ccc(Br)cc3)ccc2c1=O. The second kappa shape index (κ2) is 9.28. The Morgan fingerprint density at radius 2 is 1.72 bits per heavy atom. The maximum atomic E-state index is 13.0. The number of aryl methyl sites for hydroxylation is 1. The van der Waals surface area contributed by atoms with E-state index >= 15 is 0 Å². The van der Waals surface area contributed by atoms with Crippen LogP contribution in [0.1, 0.15) is 16.1 Å². The van der Waals surface area contributed by atoms with Crippen LogP contribution in [-0.4, -0.2) is 19.5 Å². The number of Topliss-reactive ketones (excluding diaryl/α,β-unsaturated/α-hetero) is 1. The fourth-order valence-corrected chi connectivity index (χ4v) is 3.42. The van der Waals surface area contributed by atoms with Crippen molar-refractivity contribution in [3.05, 3.63) is 92.7 Å². The minimum Gasteiger partial charge on any atom is -0.493 e. The van der Waals surface area contributed by atoms with Crippen LogP contribution in [0.25, 0.3) is 11.0 Å². The Morgan fingerprint density at radius 1 is 1.00 bits per heavy atom. The molecule has 0 bridgehead atoms. The van der Waals surface area contributed by atoms with E-state index in [0.29, 0.717) is 39.5 Å². The average Bonchev–Trinajstić information content (AvgIpc) is 2.80. The van der Waals surface area contributed by atoms with Crippen molar-refractivity contribution in [1.29, 1.82) is 0 Å².